The molecule has 1 aromatic carbocycles. The second-order valence-corrected chi connectivity index (χ2v) is 4.96. The van der Waals surface area contributed by atoms with Crippen molar-refractivity contribution in [2.24, 2.45) is 0 Å². The minimum absolute atomic E-state index is 0.425. The lowest BCUT2D eigenvalue weighted by molar-refractivity contribution is -0.139. The lowest BCUT2D eigenvalue weighted by Gasteiger charge is -2.13. The van der Waals surface area contributed by atoms with Crippen LogP contribution < -0.4 is 5.32 Å². The van der Waals surface area contributed by atoms with Gasteiger partial charge in [0.05, 0.1) is 0 Å². The summed E-state index contributed by atoms with van der Waals surface area (Å²) in [6.07, 6.45) is 1.60. The maximum absolute atomic E-state index is 11.0. The summed E-state index contributed by atoms with van der Waals surface area (Å²) in [6, 6.07) is 9.62. The van der Waals surface area contributed by atoms with Gasteiger partial charge in [-0.2, -0.15) is 0 Å². The summed E-state index contributed by atoms with van der Waals surface area (Å²) in [4.78, 5) is 12.2. The summed E-state index contributed by atoms with van der Waals surface area (Å²) in [5, 5.41) is 12.1. The van der Waals surface area contributed by atoms with E-state index < -0.39 is 12.0 Å². The van der Waals surface area contributed by atoms with Crippen LogP contribution >= 0.6 is 11.8 Å². The average molecular weight is 253 g/mol. The molecule has 2 N–H and O–H groups in total. The molecule has 94 valence electrons. The standard InChI is InChI=1S/C13H19NO2S/c1-2-9-14-12(13(15)16)8-10-17-11-6-4-3-5-7-11/h3-7,12,14H,2,8-10H2,1H3,(H,15,16). The smallest absolute Gasteiger partial charge is 0.320 e. The third-order valence-electron chi connectivity index (χ3n) is 2.36. The van der Waals surface area contributed by atoms with Crippen molar-refractivity contribution in [2.45, 2.75) is 30.7 Å². The molecule has 3 nitrogen and oxygen atoms in total. The summed E-state index contributed by atoms with van der Waals surface area (Å²) in [7, 11) is 0. The van der Waals surface area contributed by atoms with Gasteiger partial charge in [0.1, 0.15) is 6.04 Å². The summed E-state index contributed by atoms with van der Waals surface area (Å²) in [5.41, 5.74) is 0. The zero-order valence-electron chi connectivity index (χ0n) is 10.1. The van der Waals surface area contributed by atoms with E-state index >= 15 is 0 Å². The summed E-state index contributed by atoms with van der Waals surface area (Å²) in [6.45, 7) is 2.79. The Morgan fingerprint density at radius 2 is 2.12 bits per heavy atom. The van der Waals surface area contributed by atoms with Crippen LogP contribution in [0.1, 0.15) is 19.8 Å². The van der Waals surface area contributed by atoms with Gasteiger partial charge in [0, 0.05) is 10.6 Å². The highest BCUT2D eigenvalue weighted by atomic mass is 32.2. The van der Waals surface area contributed by atoms with Crippen molar-refractivity contribution in [1.29, 1.82) is 0 Å². The zero-order chi connectivity index (χ0) is 12.5. The molecule has 0 amide bonds. The molecule has 1 rings (SSSR count). The maximum atomic E-state index is 11.0. The van der Waals surface area contributed by atoms with Crippen molar-refractivity contribution in [3.8, 4) is 0 Å². The van der Waals surface area contributed by atoms with Gasteiger partial charge in [-0.15, -0.1) is 11.8 Å². The lowest BCUT2D eigenvalue weighted by atomic mass is 10.2. The number of hydrogen-bond acceptors (Lipinski definition) is 3. The summed E-state index contributed by atoms with van der Waals surface area (Å²) < 4.78 is 0. The Hall–Kier alpha value is -1.00. The summed E-state index contributed by atoms with van der Waals surface area (Å²) in [5.74, 6) is 0.0599. The predicted molar refractivity (Wildman–Crippen MR) is 71.5 cm³/mol. The maximum Gasteiger partial charge on any atom is 0.320 e. The van der Waals surface area contributed by atoms with E-state index in [9.17, 15) is 4.79 Å². The minimum atomic E-state index is -0.757. The van der Waals surface area contributed by atoms with E-state index in [1.54, 1.807) is 11.8 Å². The monoisotopic (exact) mass is 253 g/mol. The van der Waals surface area contributed by atoms with Gasteiger partial charge in [0.2, 0.25) is 0 Å². The molecule has 0 heterocycles. The highest BCUT2D eigenvalue weighted by molar-refractivity contribution is 7.99. The number of hydrogen-bond donors (Lipinski definition) is 2. The Bertz CT molecular complexity index is 329. The van der Waals surface area contributed by atoms with Crippen molar-refractivity contribution in [2.75, 3.05) is 12.3 Å². The van der Waals surface area contributed by atoms with E-state index in [0.29, 0.717) is 6.42 Å². The Labute approximate surface area is 107 Å². The molecule has 0 aromatic heterocycles. The van der Waals surface area contributed by atoms with Crippen molar-refractivity contribution in [3.63, 3.8) is 0 Å². The quantitative estimate of drug-likeness (QED) is 0.699. The SMILES string of the molecule is CCCNC(CCSc1ccccc1)C(=O)O. The predicted octanol–water partition coefficient (Wildman–Crippen LogP) is 2.62. The van der Waals surface area contributed by atoms with Crippen molar-refractivity contribution in [3.05, 3.63) is 30.3 Å². The number of thioether (sulfide) groups is 1. The van der Waals surface area contributed by atoms with E-state index in [0.717, 1.165) is 18.7 Å². The molecular formula is C13H19NO2S. The number of benzene rings is 1. The fraction of sp³-hybridized carbons (Fsp3) is 0.462. The number of rotatable bonds is 8. The molecular weight excluding hydrogens is 234 g/mol. The van der Waals surface area contributed by atoms with Crippen LogP contribution in [0.15, 0.2) is 35.2 Å². The highest BCUT2D eigenvalue weighted by Crippen LogP contribution is 2.18. The number of aliphatic carboxylic acids is 1. The molecule has 0 saturated heterocycles. The van der Waals surface area contributed by atoms with E-state index in [2.05, 4.69) is 5.32 Å². The Morgan fingerprint density at radius 3 is 2.71 bits per heavy atom. The van der Waals surface area contributed by atoms with Gasteiger partial charge in [-0.1, -0.05) is 25.1 Å². The van der Waals surface area contributed by atoms with Gasteiger partial charge in [-0.3, -0.25) is 4.79 Å². The molecule has 0 radical (unpaired) electrons. The van der Waals surface area contributed by atoms with Crippen LogP contribution in [-0.2, 0) is 4.79 Å². The van der Waals surface area contributed by atoms with Gasteiger partial charge in [-0.25, -0.2) is 0 Å². The van der Waals surface area contributed by atoms with Gasteiger partial charge in [-0.05, 0) is 31.5 Å². The van der Waals surface area contributed by atoms with Gasteiger partial charge >= 0.3 is 5.97 Å². The molecule has 17 heavy (non-hydrogen) atoms. The lowest BCUT2D eigenvalue weighted by Crippen LogP contribution is -2.37. The molecule has 1 atom stereocenters. The van der Waals surface area contributed by atoms with Crippen LogP contribution in [0.25, 0.3) is 0 Å². The Kier molecular flexibility index (Phi) is 6.74. The van der Waals surface area contributed by atoms with Crippen molar-refractivity contribution in [1.82, 2.24) is 5.32 Å². The second kappa shape index (κ2) is 8.14. The average Bonchev–Trinajstić information content (AvgIpc) is 2.34. The molecule has 1 unspecified atom stereocenters. The van der Waals surface area contributed by atoms with Gasteiger partial charge < -0.3 is 10.4 Å². The van der Waals surface area contributed by atoms with Crippen LogP contribution in [0.5, 0.6) is 0 Å². The van der Waals surface area contributed by atoms with E-state index in [1.807, 2.05) is 37.3 Å². The van der Waals surface area contributed by atoms with Crippen LogP contribution in [0, 0.1) is 0 Å². The van der Waals surface area contributed by atoms with Crippen molar-refractivity contribution >= 4 is 17.7 Å². The molecule has 0 aliphatic heterocycles. The number of carboxylic acids is 1. The summed E-state index contributed by atoms with van der Waals surface area (Å²) >= 11 is 1.70. The van der Waals surface area contributed by atoms with E-state index in [1.165, 1.54) is 4.90 Å². The first kappa shape index (κ1) is 14.1. The van der Waals surface area contributed by atoms with Crippen LogP contribution in [0.3, 0.4) is 0 Å². The second-order valence-electron chi connectivity index (χ2n) is 3.80. The highest BCUT2D eigenvalue weighted by Gasteiger charge is 2.15. The third-order valence-corrected chi connectivity index (χ3v) is 3.40. The molecule has 0 fully saturated rings. The zero-order valence-corrected chi connectivity index (χ0v) is 10.9. The number of carboxylic acid groups (broad SMARTS) is 1. The largest absolute Gasteiger partial charge is 0.480 e. The third kappa shape index (κ3) is 5.75. The minimum Gasteiger partial charge on any atom is -0.480 e. The van der Waals surface area contributed by atoms with Gasteiger partial charge in [0.25, 0.3) is 0 Å². The van der Waals surface area contributed by atoms with Gasteiger partial charge in [0.15, 0.2) is 0 Å². The molecule has 0 aliphatic rings. The van der Waals surface area contributed by atoms with Crippen LogP contribution in [-0.4, -0.2) is 29.4 Å². The Balaban J connectivity index is 2.29. The van der Waals surface area contributed by atoms with Crippen molar-refractivity contribution < 1.29 is 9.90 Å². The fourth-order valence-corrected chi connectivity index (χ4v) is 2.38. The molecule has 0 saturated carbocycles. The van der Waals surface area contributed by atoms with Crippen LogP contribution in [0.4, 0.5) is 0 Å². The number of carbonyl (C=O) groups is 1. The molecule has 0 spiro atoms. The number of nitrogens with one attached hydrogen (secondary N) is 1. The van der Waals surface area contributed by atoms with E-state index in [4.69, 9.17) is 5.11 Å². The first-order valence-corrected chi connectivity index (χ1v) is 6.86. The van der Waals surface area contributed by atoms with E-state index in [-0.39, 0.29) is 0 Å². The molecule has 0 bridgehead atoms. The normalized spacial score (nSPS) is 12.3. The van der Waals surface area contributed by atoms with Crippen LogP contribution in [0.2, 0.25) is 0 Å². The first-order chi connectivity index (χ1) is 8.24. The fourth-order valence-electron chi connectivity index (χ4n) is 1.44. The Morgan fingerprint density at radius 1 is 1.41 bits per heavy atom. The topological polar surface area (TPSA) is 49.3 Å². The molecule has 1 aromatic rings. The molecule has 4 heteroatoms. The first-order valence-electron chi connectivity index (χ1n) is 5.88. The molecule has 0 aliphatic carbocycles.